The molecule has 1 saturated heterocycles. The van der Waals surface area contributed by atoms with Gasteiger partial charge in [0.1, 0.15) is 11.9 Å². The zero-order valence-electron chi connectivity index (χ0n) is 27.5. The van der Waals surface area contributed by atoms with Gasteiger partial charge in [-0.25, -0.2) is 0 Å². The summed E-state index contributed by atoms with van der Waals surface area (Å²) in [5, 5.41) is 11.1. The molecule has 1 saturated carbocycles. The van der Waals surface area contributed by atoms with Crippen LogP contribution in [0.15, 0.2) is 46.3 Å². The Hall–Kier alpha value is -2.27. The molecular formula is C36H54O5. The molecular weight excluding hydrogens is 512 g/mol. The Morgan fingerprint density at radius 2 is 1.61 bits per heavy atom. The van der Waals surface area contributed by atoms with Crippen molar-refractivity contribution in [1.29, 1.82) is 0 Å². The molecule has 228 valence electrons. The van der Waals surface area contributed by atoms with Crippen LogP contribution < -0.4 is 0 Å². The maximum Gasteiger partial charge on any atom is 0.184 e. The van der Waals surface area contributed by atoms with Crippen molar-refractivity contribution >= 4 is 17.3 Å². The SMILES string of the molecule is CC[C@H](C)C(=O)[C@@]12C(=O)C(CC=C(C)C)=C3O[C@@H](C(C)(C)O)C[C@]3(C[C@H](CC=C(C)C)[C@@]1(C)CCC=C(C)C)C2=O. The van der Waals surface area contributed by atoms with Crippen LogP contribution in [0.5, 0.6) is 0 Å². The highest BCUT2D eigenvalue weighted by Gasteiger charge is 2.78. The third-order valence-electron chi connectivity index (χ3n) is 10.2. The second-order valence-corrected chi connectivity index (χ2v) is 14.6. The lowest BCUT2D eigenvalue weighted by Crippen LogP contribution is -2.70. The number of hydrogen-bond donors (Lipinski definition) is 1. The normalized spacial score (nSPS) is 31.7. The predicted molar refractivity (Wildman–Crippen MR) is 165 cm³/mol. The topological polar surface area (TPSA) is 80.7 Å². The van der Waals surface area contributed by atoms with Crippen molar-refractivity contribution in [1.82, 2.24) is 0 Å². The van der Waals surface area contributed by atoms with Gasteiger partial charge in [-0.1, -0.05) is 55.7 Å². The van der Waals surface area contributed by atoms with E-state index in [1.54, 1.807) is 13.8 Å². The highest BCUT2D eigenvalue weighted by atomic mass is 16.5. The average Bonchev–Trinajstić information content (AvgIpc) is 3.25. The molecule has 41 heavy (non-hydrogen) atoms. The van der Waals surface area contributed by atoms with Gasteiger partial charge in [-0.2, -0.15) is 0 Å². The van der Waals surface area contributed by atoms with E-state index in [0.29, 0.717) is 49.9 Å². The zero-order valence-corrected chi connectivity index (χ0v) is 27.5. The summed E-state index contributed by atoms with van der Waals surface area (Å²) in [6.45, 7) is 21.4. The third-order valence-corrected chi connectivity index (χ3v) is 10.2. The van der Waals surface area contributed by atoms with E-state index in [2.05, 4.69) is 39.8 Å². The molecule has 0 unspecified atom stereocenters. The van der Waals surface area contributed by atoms with Gasteiger partial charge in [-0.05, 0) is 105 Å². The van der Waals surface area contributed by atoms with Crippen LogP contribution in [-0.2, 0) is 19.1 Å². The van der Waals surface area contributed by atoms with Crippen molar-refractivity contribution in [3.8, 4) is 0 Å². The molecule has 0 radical (unpaired) electrons. The number of rotatable bonds is 11. The van der Waals surface area contributed by atoms with Gasteiger partial charge in [0.25, 0.3) is 0 Å². The number of fused-ring (bicyclic) bond motifs is 1. The Balaban J connectivity index is 2.46. The summed E-state index contributed by atoms with van der Waals surface area (Å²) in [6.07, 6.45) is 9.26. The van der Waals surface area contributed by atoms with E-state index < -0.39 is 33.9 Å². The average molecular weight is 567 g/mol. The first-order chi connectivity index (χ1) is 18.9. The first-order valence-electron chi connectivity index (χ1n) is 15.6. The van der Waals surface area contributed by atoms with Crippen LogP contribution in [-0.4, -0.2) is 34.2 Å². The second-order valence-electron chi connectivity index (χ2n) is 14.6. The fourth-order valence-corrected chi connectivity index (χ4v) is 7.51. The molecule has 3 aliphatic rings. The van der Waals surface area contributed by atoms with Gasteiger partial charge < -0.3 is 9.84 Å². The summed E-state index contributed by atoms with van der Waals surface area (Å²) in [6, 6.07) is 0. The van der Waals surface area contributed by atoms with E-state index in [1.807, 2.05) is 40.7 Å². The van der Waals surface area contributed by atoms with E-state index >= 15 is 9.59 Å². The number of carbonyl (C=O) groups is 3. The molecule has 1 heterocycles. The van der Waals surface area contributed by atoms with Crippen molar-refractivity contribution in [3.63, 3.8) is 0 Å². The number of ketones is 3. The number of ether oxygens (including phenoxy) is 1. The smallest absolute Gasteiger partial charge is 0.184 e. The lowest BCUT2D eigenvalue weighted by atomic mass is 9.38. The molecule has 0 amide bonds. The van der Waals surface area contributed by atoms with Crippen LogP contribution in [0.1, 0.15) is 121 Å². The Morgan fingerprint density at radius 3 is 2.12 bits per heavy atom. The molecule has 2 aliphatic carbocycles. The maximum absolute atomic E-state index is 15.3. The molecule has 1 N–H and O–H groups in total. The molecule has 1 aliphatic heterocycles. The minimum absolute atomic E-state index is 0.0956. The van der Waals surface area contributed by atoms with E-state index in [1.165, 1.54) is 11.1 Å². The Kier molecular flexibility index (Phi) is 9.55. The maximum atomic E-state index is 15.3. The first-order valence-corrected chi connectivity index (χ1v) is 15.6. The largest absolute Gasteiger partial charge is 0.490 e. The Labute approximate surface area is 248 Å². The van der Waals surface area contributed by atoms with Gasteiger partial charge in [0.2, 0.25) is 0 Å². The number of aliphatic hydroxyl groups is 1. The van der Waals surface area contributed by atoms with Crippen molar-refractivity contribution in [3.05, 3.63) is 46.3 Å². The van der Waals surface area contributed by atoms with Crippen molar-refractivity contribution in [2.45, 2.75) is 133 Å². The van der Waals surface area contributed by atoms with Crippen LogP contribution in [0.25, 0.3) is 0 Å². The van der Waals surface area contributed by atoms with Gasteiger partial charge in [0, 0.05) is 17.9 Å². The predicted octanol–water partition coefficient (Wildman–Crippen LogP) is 8.03. The molecule has 0 aromatic carbocycles. The summed E-state index contributed by atoms with van der Waals surface area (Å²) in [5.74, 6) is -1.01. The van der Waals surface area contributed by atoms with Crippen LogP contribution in [0.2, 0.25) is 0 Å². The summed E-state index contributed by atoms with van der Waals surface area (Å²) >= 11 is 0. The molecule has 2 fully saturated rings. The lowest BCUT2D eigenvalue weighted by molar-refractivity contribution is -0.179. The molecule has 3 rings (SSSR count). The third kappa shape index (κ3) is 5.48. The monoisotopic (exact) mass is 566 g/mol. The molecule has 6 atom stereocenters. The summed E-state index contributed by atoms with van der Waals surface area (Å²) in [5.41, 5.74) is -1.15. The van der Waals surface area contributed by atoms with Crippen molar-refractivity contribution in [2.24, 2.45) is 28.1 Å². The van der Waals surface area contributed by atoms with Crippen LogP contribution >= 0.6 is 0 Å². The van der Waals surface area contributed by atoms with E-state index in [0.717, 1.165) is 5.57 Å². The lowest BCUT2D eigenvalue weighted by Gasteiger charge is -2.60. The fourth-order valence-electron chi connectivity index (χ4n) is 7.51. The first kappa shape index (κ1) is 33.2. The number of hydrogen-bond acceptors (Lipinski definition) is 5. The Morgan fingerprint density at radius 1 is 1.02 bits per heavy atom. The summed E-state index contributed by atoms with van der Waals surface area (Å²) in [7, 11) is 0. The van der Waals surface area contributed by atoms with Gasteiger partial charge in [-0.15, -0.1) is 0 Å². The van der Waals surface area contributed by atoms with Crippen molar-refractivity contribution in [2.75, 3.05) is 0 Å². The van der Waals surface area contributed by atoms with Gasteiger partial charge in [-0.3, -0.25) is 14.4 Å². The van der Waals surface area contributed by atoms with E-state index in [4.69, 9.17) is 4.74 Å². The Bertz CT molecular complexity index is 1190. The highest BCUT2D eigenvalue weighted by molar-refractivity contribution is 6.33. The molecule has 2 bridgehead atoms. The molecule has 5 heteroatoms. The fraction of sp³-hybridized carbons (Fsp3) is 0.694. The highest BCUT2D eigenvalue weighted by Crippen LogP contribution is 2.70. The van der Waals surface area contributed by atoms with E-state index in [-0.39, 0.29) is 29.7 Å². The van der Waals surface area contributed by atoms with E-state index in [9.17, 15) is 9.90 Å². The van der Waals surface area contributed by atoms with Gasteiger partial charge in [0.15, 0.2) is 22.8 Å². The minimum Gasteiger partial charge on any atom is -0.490 e. The van der Waals surface area contributed by atoms with Crippen LogP contribution in [0.4, 0.5) is 0 Å². The van der Waals surface area contributed by atoms with Crippen molar-refractivity contribution < 1.29 is 24.2 Å². The quantitative estimate of drug-likeness (QED) is 0.202. The van der Waals surface area contributed by atoms with Crippen LogP contribution in [0, 0.1) is 28.1 Å². The molecule has 0 aromatic heterocycles. The molecule has 5 nitrogen and oxygen atoms in total. The second kappa shape index (κ2) is 11.8. The zero-order chi connectivity index (χ0) is 31.1. The van der Waals surface area contributed by atoms with Gasteiger partial charge in [0.05, 0.1) is 11.0 Å². The summed E-state index contributed by atoms with van der Waals surface area (Å²) < 4.78 is 6.48. The molecule has 1 spiro atoms. The molecule has 0 aromatic rings. The number of Topliss-reactive ketones (excluding diaryl/α,β-unsaturated/α-hetero) is 3. The standard InChI is InChI=1S/C36H54O5/c1-12-25(8)29(37)36-30(38)27(18-16-24(6)7)31-35(32(36)39,21-28(41-31)33(9,10)40)20-26(17-15-23(4)5)34(36,11)19-13-14-22(2)3/h14-16,25-26,28,40H,12-13,17-21H2,1-11H3/t25-,26-,28+,34+,35-,36-/m0/s1. The number of allylic oxidation sites excluding steroid dienone is 8. The van der Waals surface area contributed by atoms with Gasteiger partial charge >= 0.3 is 0 Å². The number of carbonyl (C=O) groups excluding carboxylic acids is 3. The minimum atomic E-state index is -1.79. The van der Waals surface area contributed by atoms with Crippen LogP contribution in [0.3, 0.4) is 0 Å². The summed E-state index contributed by atoms with van der Waals surface area (Å²) in [4.78, 5) is 45.2.